The summed E-state index contributed by atoms with van der Waals surface area (Å²) >= 11 is 0. The number of nitriles is 1. The third-order valence-corrected chi connectivity index (χ3v) is 4.40. The minimum absolute atomic E-state index is 0.0285. The zero-order valence-corrected chi connectivity index (χ0v) is 19.1. The van der Waals surface area contributed by atoms with Gasteiger partial charge in [-0.15, -0.1) is 0 Å². The van der Waals surface area contributed by atoms with Crippen LogP contribution in [-0.4, -0.2) is 36.3 Å². The van der Waals surface area contributed by atoms with E-state index in [2.05, 4.69) is 10.6 Å². The number of ether oxygens (including phenoxy) is 2. The summed E-state index contributed by atoms with van der Waals surface area (Å²) in [5.41, 5.74) is 2.20. The van der Waals surface area contributed by atoms with Gasteiger partial charge in [-0.3, -0.25) is 4.79 Å². The number of aryl methyl sites for hydroxylation is 1. The van der Waals surface area contributed by atoms with Crippen LogP contribution in [0.3, 0.4) is 0 Å². The van der Waals surface area contributed by atoms with E-state index in [1.54, 1.807) is 20.8 Å². The van der Waals surface area contributed by atoms with E-state index in [4.69, 9.17) is 9.47 Å². The molecule has 0 aliphatic rings. The molecule has 2 aromatic rings. The second-order valence-electron chi connectivity index (χ2n) is 8.58. The van der Waals surface area contributed by atoms with Crippen LogP contribution in [0.2, 0.25) is 0 Å². The normalized spacial score (nSPS) is 12.8. The van der Waals surface area contributed by atoms with E-state index >= 15 is 0 Å². The molecule has 0 aliphatic heterocycles. The van der Waals surface area contributed by atoms with Gasteiger partial charge < -0.3 is 20.1 Å². The van der Waals surface area contributed by atoms with Crippen molar-refractivity contribution in [3.63, 3.8) is 0 Å². The van der Waals surface area contributed by atoms with Crippen LogP contribution in [-0.2, 0) is 27.3 Å². The molecule has 0 saturated carbocycles. The molecule has 0 radical (unpaired) electrons. The molecule has 0 fully saturated rings. The Kier molecular flexibility index (Phi) is 9.23. The maximum Gasteiger partial charge on any atom is 0.408 e. The molecule has 2 rings (SSSR count). The summed E-state index contributed by atoms with van der Waals surface area (Å²) in [5, 5.41) is 14.7. The zero-order chi connectivity index (χ0) is 23.6. The van der Waals surface area contributed by atoms with Gasteiger partial charge in [0.15, 0.2) is 0 Å². The maximum absolute atomic E-state index is 12.9. The standard InChI is InChI=1S/C25H31N3O4/c1-18-9-8-12-20(13-18)14-22(28-24(30)32-25(2,3)4)23(29)27-21(15-26)17-31-16-19-10-6-5-7-11-19/h5-13,21-22H,14,16-17H2,1-4H3,(H,27,29)(H,28,30)/t21-,22+/m1/s1. The molecule has 2 atom stereocenters. The number of carbonyl (C=O) groups excluding carboxylic acids is 2. The van der Waals surface area contributed by atoms with Gasteiger partial charge in [0.05, 0.1) is 19.3 Å². The third kappa shape index (κ3) is 9.19. The summed E-state index contributed by atoms with van der Waals surface area (Å²) in [6.07, 6.45) is -0.436. The molecule has 0 aromatic heterocycles. The molecule has 2 N–H and O–H groups in total. The van der Waals surface area contributed by atoms with Crippen molar-refractivity contribution in [2.45, 2.75) is 58.4 Å². The van der Waals surface area contributed by atoms with Crippen molar-refractivity contribution in [3.8, 4) is 6.07 Å². The Morgan fingerprint density at radius 3 is 2.34 bits per heavy atom. The number of nitrogens with zero attached hydrogens (tertiary/aromatic N) is 1. The molecule has 0 spiro atoms. The Labute approximate surface area is 189 Å². The molecule has 0 saturated heterocycles. The fraction of sp³-hybridized carbons (Fsp3) is 0.400. The van der Waals surface area contributed by atoms with Crippen molar-refractivity contribution in [1.82, 2.24) is 10.6 Å². The lowest BCUT2D eigenvalue weighted by Gasteiger charge is -2.24. The number of hydrogen-bond donors (Lipinski definition) is 2. The van der Waals surface area contributed by atoms with Gasteiger partial charge in [0.2, 0.25) is 5.91 Å². The number of rotatable bonds is 9. The number of nitrogens with one attached hydrogen (secondary N) is 2. The highest BCUT2D eigenvalue weighted by Crippen LogP contribution is 2.10. The molecule has 7 heteroatoms. The summed E-state index contributed by atoms with van der Waals surface area (Å²) in [5.74, 6) is -0.479. The quantitative estimate of drug-likeness (QED) is 0.624. The van der Waals surface area contributed by atoms with E-state index in [1.807, 2.05) is 67.6 Å². The highest BCUT2D eigenvalue weighted by molar-refractivity contribution is 5.86. The predicted molar refractivity (Wildman–Crippen MR) is 122 cm³/mol. The molecular weight excluding hydrogens is 406 g/mol. The van der Waals surface area contributed by atoms with E-state index in [0.29, 0.717) is 6.61 Å². The third-order valence-electron chi connectivity index (χ3n) is 4.40. The first-order chi connectivity index (χ1) is 15.2. The van der Waals surface area contributed by atoms with E-state index < -0.39 is 29.7 Å². The molecule has 7 nitrogen and oxygen atoms in total. The lowest BCUT2D eigenvalue weighted by atomic mass is 10.0. The Hall–Kier alpha value is -3.37. The summed E-state index contributed by atoms with van der Waals surface area (Å²) in [7, 11) is 0. The van der Waals surface area contributed by atoms with E-state index in [0.717, 1.165) is 16.7 Å². The van der Waals surface area contributed by atoms with Gasteiger partial charge in [0.1, 0.15) is 17.7 Å². The van der Waals surface area contributed by atoms with Crippen molar-refractivity contribution in [2.75, 3.05) is 6.61 Å². The van der Waals surface area contributed by atoms with Crippen molar-refractivity contribution in [3.05, 3.63) is 71.3 Å². The van der Waals surface area contributed by atoms with Crippen LogP contribution in [0.4, 0.5) is 4.79 Å². The number of benzene rings is 2. The lowest BCUT2D eigenvalue weighted by molar-refractivity contribution is -0.124. The van der Waals surface area contributed by atoms with Crippen LogP contribution in [0.15, 0.2) is 54.6 Å². The molecule has 170 valence electrons. The van der Waals surface area contributed by atoms with Crippen LogP contribution in [0, 0.1) is 18.3 Å². The summed E-state index contributed by atoms with van der Waals surface area (Å²) in [4.78, 5) is 25.3. The van der Waals surface area contributed by atoms with Gasteiger partial charge in [-0.05, 0) is 38.8 Å². The first-order valence-electron chi connectivity index (χ1n) is 10.5. The molecule has 0 aliphatic carbocycles. The SMILES string of the molecule is Cc1cccc(C[C@H](NC(=O)OC(C)(C)C)C(=O)N[C@H](C#N)COCc2ccccc2)c1. The fourth-order valence-corrected chi connectivity index (χ4v) is 2.99. The first-order valence-corrected chi connectivity index (χ1v) is 10.5. The van der Waals surface area contributed by atoms with Crippen LogP contribution in [0.5, 0.6) is 0 Å². The molecule has 0 heterocycles. The number of hydrogen-bond acceptors (Lipinski definition) is 5. The first kappa shape index (κ1) is 24.9. The Balaban J connectivity index is 2.02. The average molecular weight is 438 g/mol. The second-order valence-corrected chi connectivity index (χ2v) is 8.58. The minimum atomic E-state index is -0.906. The highest BCUT2D eigenvalue weighted by Gasteiger charge is 2.26. The Morgan fingerprint density at radius 2 is 1.72 bits per heavy atom. The maximum atomic E-state index is 12.9. The monoisotopic (exact) mass is 437 g/mol. The number of amides is 2. The van der Waals surface area contributed by atoms with Crippen molar-refractivity contribution in [1.29, 1.82) is 5.26 Å². The van der Waals surface area contributed by atoms with Crippen molar-refractivity contribution >= 4 is 12.0 Å². The predicted octanol–water partition coefficient (Wildman–Crippen LogP) is 3.66. The van der Waals surface area contributed by atoms with Gasteiger partial charge in [-0.1, -0.05) is 60.2 Å². The van der Waals surface area contributed by atoms with Gasteiger partial charge in [0, 0.05) is 6.42 Å². The summed E-state index contributed by atoms with van der Waals surface area (Å²) in [6.45, 7) is 7.56. The molecule has 0 bridgehead atoms. The van der Waals surface area contributed by atoms with Crippen LogP contribution in [0.1, 0.15) is 37.5 Å². The molecule has 0 unspecified atom stereocenters. The molecule has 2 aromatic carbocycles. The van der Waals surface area contributed by atoms with Crippen molar-refractivity contribution in [2.24, 2.45) is 0 Å². The summed E-state index contributed by atoms with van der Waals surface area (Å²) < 4.78 is 10.9. The lowest BCUT2D eigenvalue weighted by Crippen LogP contribution is -2.52. The van der Waals surface area contributed by atoms with Crippen LogP contribution >= 0.6 is 0 Å². The Morgan fingerprint density at radius 1 is 1.03 bits per heavy atom. The van der Waals surface area contributed by atoms with Gasteiger partial charge in [-0.2, -0.15) is 5.26 Å². The van der Waals surface area contributed by atoms with Gasteiger partial charge in [0.25, 0.3) is 0 Å². The van der Waals surface area contributed by atoms with Crippen LogP contribution in [0.25, 0.3) is 0 Å². The van der Waals surface area contributed by atoms with Gasteiger partial charge in [-0.25, -0.2) is 4.79 Å². The van der Waals surface area contributed by atoms with Gasteiger partial charge >= 0.3 is 6.09 Å². The van der Waals surface area contributed by atoms with E-state index in [9.17, 15) is 14.9 Å². The molecule has 32 heavy (non-hydrogen) atoms. The Bertz CT molecular complexity index is 932. The minimum Gasteiger partial charge on any atom is -0.444 e. The second kappa shape index (κ2) is 11.9. The fourth-order valence-electron chi connectivity index (χ4n) is 2.99. The van der Waals surface area contributed by atoms with Crippen molar-refractivity contribution < 1.29 is 19.1 Å². The van der Waals surface area contributed by atoms with E-state index in [-0.39, 0.29) is 13.0 Å². The zero-order valence-electron chi connectivity index (χ0n) is 19.1. The highest BCUT2D eigenvalue weighted by atomic mass is 16.6. The average Bonchev–Trinajstić information content (AvgIpc) is 2.72. The number of alkyl carbamates (subject to hydrolysis) is 1. The summed E-state index contributed by atoms with van der Waals surface area (Å²) in [6, 6.07) is 17.5. The topological polar surface area (TPSA) is 100 Å². The molecular formula is C25H31N3O4. The van der Waals surface area contributed by atoms with Crippen LogP contribution < -0.4 is 10.6 Å². The largest absolute Gasteiger partial charge is 0.444 e. The smallest absolute Gasteiger partial charge is 0.408 e. The molecule has 2 amide bonds. The van der Waals surface area contributed by atoms with E-state index in [1.165, 1.54) is 0 Å². The number of carbonyl (C=O) groups is 2.